The van der Waals surface area contributed by atoms with Crippen LogP contribution in [0.1, 0.15) is 13.8 Å². The maximum atomic E-state index is 13.7. The minimum absolute atomic E-state index is 0.106. The zero-order chi connectivity index (χ0) is 19.9. The number of benzene rings is 2. The third-order valence-corrected chi connectivity index (χ3v) is 5.06. The van der Waals surface area contributed by atoms with Gasteiger partial charge in [-0.25, -0.2) is 4.39 Å². The lowest BCUT2D eigenvalue weighted by Crippen LogP contribution is -2.58. The van der Waals surface area contributed by atoms with Gasteiger partial charge in [0.15, 0.2) is 6.61 Å². The number of ether oxygens (including phenoxy) is 1. The molecule has 2 heterocycles. The molecule has 0 N–H and O–H groups in total. The van der Waals surface area contributed by atoms with Crippen molar-refractivity contribution in [3.05, 3.63) is 60.7 Å². The summed E-state index contributed by atoms with van der Waals surface area (Å²) in [6.07, 6.45) is 3.46. The summed E-state index contributed by atoms with van der Waals surface area (Å²) >= 11 is 0. The van der Waals surface area contributed by atoms with Gasteiger partial charge >= 0.3 is 0 Å². The van der Waals surface area contributed by atoms with E-state index in [1.54, 1.807) is 23.4 Å². The van der Waals surface area contributed by atoms with Crippen molar-refractivity contribution >= 4 is 28.1 Å². The second kappa shape index (κ2) is 6.78. The van der Waals surface area contributed by atoms with E-state index in [1.807, 2.05) is 50.1 Å². The summed E-state index contributed by atoms with van der Waals surface area (Å²) in [5.41, 5.74) is 0.933. The first-order valence-corrected chi connectivity index (χ1v) is 9.16. The van der Waals surface area contributed by atoms with Crippen LogP contribution in [0.4, 0.5) is 15.8 Å². The molecule has 3 aromatic rings. The predicted molar refractivity (Wildman–Crippen MR) is 108 cm³/mol. The molecule has 1 amide bonds. The van der Waals surface area contributed by atoms with Gasteiger partial charge in [0.1, 0.15) is 11.6 Å². The molecule has 2 aromatic carbocycles. The molecule has 0 saturated carbocycles. The van der Waals surface area contributed by atoms with Gasteiger partial charge < -0.3 is 14.5 Å². The van der Waals surface area contributed by atoms with Gasteiger partial charge in [0.05, 0.1) is 16.9 Å². The Labute approximate surface area is 163 Å². The van der Waals surface area contributed by atoms with Crippen LogP contribution in [0.5, 0.6) is 5.75 Å². The molecule has 1 aliphatic heterocycles. The number of likely N-dealkylation sites (N-methyl/N-ethyl adjacent to an activating group) is 1. The fourth-order valence-corrected chi connectivity index (χ4v) is 3.95. The highest BCUT2D eigenvalue weighted by Gasteiger charge is 2.39. The van der Waals surface area contributed by atoms with Crippen LogP contribution in [-0.4, -0.2) is 36.6 Å². The van der Waals surface area contributed by atoms with Crippen molar-refractivity contribution in [1.82, 2.24) is 4.98 Å². The van der Waals surface area contributed by atoms with Crippen LogP contribution in [0.15, 0.2) is 54.9 Å². The number of hydrogen-bond donors (Lipinski definition) is 0. The minimum Gasteiger partial charge on any atom is -0.483 e. The number of rotatable bonds is 3. The summed E-state index contributed by atoms with van der Waals surface area (Å²) in [7, 11) is 1.91. The first-order chi connectivity index (χ1) is 13.4. The molecule has 5 nitrogen and oxygen atoms in total. The Morgan fingerprint density at radius 3 is 2.86 bits per heavy atom. The van der Waals surface area contributed by atoms with Crippen LogP contribution in [-0.2, 0) is 4.79 Å². The molecule has 0 bridgehead atoms. The number of carbonyl (C=O) groups excluding carboxylic acids is 1. The molecule has 6 heteroatoms. The number of hydrogen-bond acceptors (Lipinski definition) is 4. The fourth-order valence-electron chi connectivity index (χ4n) is 3.95. The van der Waals surface area contributed by atoms with Gasteiger partial charge in [-0.05, 0) is 44.2 Å². The summed E-state index contributed by atoms with van der Waals surface area (Å²) in [5.74, 6) is 0.148. The second-order valence-electron chi connectivity index (χ2n) is 7.67. The molecule has 28 heavy (non-hydrogen) atoms. The summed E-state index contributed by atoms with van der Waals surface area (Å²) in [6, 6.07) is 12.0. The number of halogens is 1. The topological polar surface area (TPSA) is 45.7 Å². The smallest absolute Gasteiger partial charge is 0.265 e. The number of nitrogens with zero attached hydrogens (tertiary/aromatic N) is 3. The lowest BCUT2D eigenvalue weighted by Gasteiger charge is -2.47. The van der Waals surface area contributed by atoms with Crippen LogP contribution in [0.25, 0.3) is 10.8 Å². The zero-order valence-corrected chi connectivity index (χ0v) is 16.1. The quantitative estimate of drug-likeness (QED) is 0.690. The number of aromatic nitrogens is 1. The Morgan fingerprint density at radius 1 is 1.21 bits per heavy atom. The Kier molecular flexibility index (Phi) is 4.41. The van der Waals surface area contributed by atoms with E-state index in [0.717, 1.165) is 10.8 Å². The van der Waals surface area contributed by atoms with E-state index in [2.05, 4.69) is 4.98 Å². The number of fused-ring (bicyclic) bond motifs is 2. The molecule has 0 fully saturated rings. The van der Waals surface area contributed by atoms with Crippen molar-refractivity contribution in [2.75, 3.05) is 30.0 Å². The summed E-state index contributed by atoms with van der Waals surface area (Å²) in [6.45, 7) is 4.48. The number of anilines is 2. The predicted octanol–water partition coefficient (Wildman–Crippen LogP) is 4.01. The summed E-state index contributed by atoms with van der Waals surface area (Å²) in [4.78, 5) is 21.0. The van der Waals surface area contributed by atoms with Gasteiger partial charge in [-0.1, -0.05) is 12.1 Å². The van der Waals surface area contributed by atoms with E-state index < -0.39 is 5.54 Å². The van der Waals surface area contributed by atoms with Crippen molar-refractivity contribution in [2.24, 2.45) is 0 Å². The van der Waals surface area contributed by atoms with Crippen molar-refractivity contribution in [2.45, 2.75) is 19.4 Å². The molecule has 1 aromatic heterocycles. The van der Waals surface area contributed by atoms with E-state index in [9.17, 15) is 9.18 Å². The Hall–Kier alpha value is -3.15. The van der Waals surface area contributed by atoms with Gasteiger partial charge in [0.25, 0.3) is 5.91 Å². The molecule has 0 radical (unpaired) electrons. The Balaban J connectivity index is 1.63. The largest absolute Gasteiger partial charge is 0.483 e. The highest BCUT2D eigenvalue weighted by atomic mass is 19.1. The SMILES string of the molecule is CN1CC(C)(C)N(C(=O)COc2cccc3cnccc23)c2ccc(F)cc21. The molecule has 0 spiro atoms. The molecule has 0 aliphatic carbocycles. The molecular weight excluding hydrogens is 357 g/mol. The summed E-state index contributed by atoms with van der Waals surface area (Å²) in [5, 5.41) is 1.86. The maximum absolute atomic E-state index is 13.7. The van der Waals surface area contributed by atoms with Gasteiger partial charge in [-0.2, -0.15) is 0 Å². The monoisotopic (exact) mass is 379 g/mol. The van der Waals surface area contributed by atoms with Crippen molar-refractivity contribution in [3.63, 3.8) is 0 Å². The standard InChI is InChI=1S/C22H22FN3O2/c1-22(2)14-25(3)19-11-16(23)7-8-18(19)26(22)21(27)13-28-20-6-4-5-15-12-24-10-9-17(15)20/h4-12H,13-14H2,1-3H3. The van der Waals surface area contributed by atoms with Crippen molar-refractivity contribution < 1.29 is 13.9 Å². The van der Waals surface area contributed by atoms with Crippen LogP contribution < -0.4 is 14.5 Å². The van der Waals surface area contributed by atoms with Crippen LogP contribution in [0.3, 0.4) is 0 Å². The van der Waals surface area contributed by atoms with E-state index in [1.165, 1.54) is 12.1 Å². The van der Waals surface area contributed by atoms with Gasteiger partial charge in [-0.15, -0.1) is 0 Å². The fraction of sp³-hybridized carbons (Fsp3) is 0.273. The van der Waals surface area contributed by atoms with Gasteiger partial charge in [0.2, 0.25) is 0 Å². The molecule has 4 rings (SSSR count). The molecule has 1 aliphatic rings. The third kappa shape index (κ3) is 3.15. The molecule has 0 saturated heterocycles. The minimum atomic E-state index is -0.456. The highest BCUT2D eigenvalue weighted by molar-refractivity contribution is 6.00. The van der Waals surface area contributed by atoms with E-state index in [4.69, 9.17) is 4.74 Å². The molecule has 144 valence electrons. The van der Waals surface area contributed by atoms with E-state index in [0.29, 0.717) is 23.7 Å². The average Bonchev–Trinajstić information content (AvgIpc) is 2.66. The second-order valence-corrected chi connectivity index (χ2v) is 7.67. The summed E-state index contributed by atoms with van der Waals surface area (Å²) < 4.78 is 19.6. The maximum Gasteiger partial charge on any atom is 0.265 e. The van der Waals surface area contributed by atoms with E-state index in [-0.39, 0.29) is 18.3 Å². The van der Waals surface area contributed by atoms with Gasteiger partial charge in [-0.3, -0.25) is 9.78 Å². The van der Waals surface area contributed by atoms with Crippen LogP contribution in [0.2, 0.25) is 0 Å². The Bertz CT molecular complexity index is 1050. The Morgan fingerprint density at radius 2 is 2.04 bits per heavy atom. The number of pyridine rings is 1. The van der Waals surface area contributed by atoms with Gasteiger partial charge in [0, 0.05) is 36.8 Å². The first kappa shape index (κ1) is 18.2. The van der Waals surface area contributed by atoms with Crippen LogP contribution >= 0.6 is 0 Å². The molecular formula is C22H22FN3O2. The average molecular weight is 379 g/mol. The lowest BCUT2D eigenvalue weighted by molar-refractivity contribution is -0.121. The lowest BCUT2D eigenvalue weighted by atomic mass is 9.96. The molecule has 0 unspecified atom stereocenters. The van der Waals surface area contributed by atoms with Crippen molar-refractivity contribution in [3.8, 4) is 5.75 Å². The first-order valence-electron chi connectivity index (χ1n) is 9.16. The van der Waals surface area contributed by atoms with Crippen molar-refractivity contribution in [1.29, 1.82) is 0 Å². The highest BCUT2D eigenvalue weighted by Crippen LogP contribution is 2.39. The number of amides is 1. The van der Waals surface area contributed by atoms with Crippen LogP contribution in [0, 0.1) is 5.82 Å². The third-order valence-electron chi connectivity index (χ3n) is 5.06. The zero-order valence-electron chi connectivity index (χ0n) is 16.1. The number of carbonyl (C=O) groups is 1. The molecule has 0 atom stereocenters. The normalized spacial score (nSPS) is 15.4. The van der Waals surface area contributed by atoms with E-state index >= 15 is 0 Å².